The molecule has 0 aliphatic carbocycles. The molecule has 0 saturated heterocycles. The molecule has 17 heavy (non-hydrogen) atoms. The summed E-state index contributed by atoms with van der Waals surface area (Å²) in [5, 5.41) is 10.9. The minimum absolute atomic E-state index is 0.210. The summed E-state index contributed by atoms with van der Waals surface area (Å²) in [6.45, 7) is 4.21. The maximum absolute atomic E-state index is 10.3. The second-order valence-electron chi connectivity index (χ2n) is 4.45. The van der Waals surface area contributed by atoms with Crippen molar-refractivity contribution in [2.24, 2.45) is 5.92 Å². The molecule has 96 valence electrons. The van der Waals surface area contributed by atoms with Gasteiger partial charge < -0.3 is 9.84 Å². The van der Waals surface area contributed by atoms with E-state index in [9.17, 15) is 5.11 Å². The molecular formula is C14H21ClO2. The van der Waals surface area contributed by atoms with Gasteiger partial charge in [-0.05, 0) is 30.5 Å². The highest BCUT2D eigenvalue weighted by Crippen LogP contribution is 2.34. The highest BCUT2D eigenvalue weighted by atomic mass is 35.5. The van der Waals surface area contributed by atoms with Crippen molar-refractivity contribution in [3.05, 3.63) is 28.8 Å². The highest BCUT2D eigenvalue weighted by molar-refractivity contribution is 6.30. The molecule has 0 amide bonds. The summed E-state index contributed by atoms with van der Waals surface area (Å²) in [4.78, 5) is 0. The SMILES string of the molecule is CCCCC(C)C(O)c1cc(Cl)ccc1OC. The Balaban J connectivity index is 2.86. The predicted octanol–water partition coefficient (Wildman–Crippen LogP) is 4.21. The lowest BCUT2D eigenvalue weighted by molar-refractivity contribution is 0.108. The molecule has 0 aliphatic rings. The lowest BCUT2D eigenvalue weighted by Crippen LogP contribution is -2.10. The van der Waals surface area contributed by atoms with Gasteiger partial charge >= 0.3 is 0 Å². The zero-order chi connectivity index (χ0) is 12.8. The third kappa shape index (κ3) is 3.90. The highest BCUT2D eigenvalue weighted by Gasteiger charge is 2.19. The lowest BCUT2D eigenvalue weighted by Gasteiger charge is -2.21. The van der Waals surface area contributed by atoms with Gasteiger partial charge in [0, 0.05) is 10.6 Å². The van der Waals surface area contributed by atoms with Crippen LogP contribution in [0.3, 0.4) is 0 Å². The molecule has 1 aromatic carbocycles. The first-order valence-electron chi connectivity index (χ1n) is 6.11. The molecule has 0 spiro atoms. The average molecular weight is 257 g/mol. The minimum Gasteiger partial charge on any atom is -0.496 e. The molecular weight excluding hydrogens is 236 g/mol. The fourth-order valence-electron chi connectivity index (χ4n) is 1.93. The van der Waals surface area contributed by atoms with E-state index in [0.29, 0.717) is 10.8 Å². The van der Waals surface area contributed by atoms with E-state index in [4.69, 9.17) is 16.3 Å². The number of benzene rings is 1. The van der Waals surface area contributed by atoms with Crippen molar-refractivity contribution in [3.8, 4) is 5.75 Å². The molecule has 0 aromatic heterocycles. The van der Waals surface area contributed by atoms with Gasteiger partial charge in [-0.25, -0.2) is 0 Å². The van der Waals surface area contributed by atoms with Crippen molar-refractivity contribution in [1.29, 1.82) is 0 Å². The van der Waals surface area contributed by atoms with Crippen molar-refractivity contribution >= 4 is 11.6 Å². The van der Waals surface area contributed by atoms with Crippen LogP contribution >= 0.6 is 11.6 Å². The molecule has 0 radical (unpaired) electrons. The molecule has 1 N–H and O–H groups in total. The maximum atomic E-state index is 10.3. The summed E-state index contributed by atoms with van der Waals surface area (Å²) >= 11 is 5.96. The minimum atomic E-state index is -0.518. The number of hydrogen-bond acceptors (Lipinski definition) is 2. The van der Waals surface area contributed by atoms with Gasteiger partial charge in [-0.2, -0.15) is 0 Å². The van der Waals surface area contributed by atoms with E-state index < -0.39 is 6.10 Å². The summed E-state index contributed by atoms with van der Waals surface area (Å²) in [5.41, 5.74) is 0.781. The van der Waals surface area contributed by atoms with Crippen LogP contribution in [0.15, 0.2) is 18.2 Å². The van der Waals surface area contributed by atoms with Crippen LogP contribution in [-0.2, 0) is 0 Å². The van der Waals surface area contributed by atoms with Crippen molar-refractivity contribution in [2.45, 2.75) is 39.2 Å². The van der Waals surface area contributed by atoms with Gasteiger partial charge in [0.2, 0.25) is 0 Å². The maximum Gasteiger partial charge on any atom is 0.124 e. The van der Waals surface area contributed by atoms with Gasteiger partial charge in [-0.15, -0.1) is 0 Å². The Labute approximate surface area is 109 Å². The molecule has 0 fully saturated rings. The standard InChI is InChI=1S/C14H21ClO2/c1-4-5-6-10(2)14(16)12-9-11(15)7-8-13(12)17-3/h7-10,14,16H,4-6H2,1-3H3. The smallest absolute Gasteiger partial charge is 0.124 e. The first kappa shape index (κ1) is 14.3. The Hall–Kier alpha value is -0.730. The van der Waals surface area contributed by atoms with Gasteiger partial charge in [0.1, 0.15) is 5.75 Å². The van der Waals surface area contributed by atoms with Gasteiger partial charge in [0.15, 0.2) is 0 Å². The number of aliphatic hydroxyl groups excluding tert-OH is 1. The van der Waals surface area contributed by atoms with Crippen molar-refractivity contribution in [1.82, 2.24) is 0 Å². The lowest BCUT2D eigenvalue weighted by atomic mass is 9.92. The number of unbranched alkanes of at least 4 members (excludes halogenated alkanes) is 1. The van der Waals surface area contributed by atoms with Gasteiger partial charge in [-0.1, -0.05) is 38.3 Å². The number of halogens is 1. The molecule has 0 bridgehead atoms. The second-order valence-corrected chi connectivity index (χ2v) is 4.89. The van der Waals surface area contributed by atoms with Crippen LogP contribution in [0.25, 0.3) is 0 Å². The van der Waals surface area contributed by atoms with E-state index >= 15 is 0 Å². The molecule has 2 atom stereocenters. The summed E-state index contributed by atoms with van der Waals surface area (Å²) in [7, 11) is 1.61. The zero-order valence-electron chi connectivity index (χ0n) is 10.7. The van der Waals surface area contributed by atoms with E-state index in [1.54, 1.807) is 25.3 Å². The van der Waals surface area contributed by atoms with Crippen molar-refractivity contribution in [3.63, 3.8) is 0 Å². The van der Waals surface area contributed by atoms with Crippen LogP contribution in [0.2, 0.25) is 5.02 Å². The van der Waals surface area contributed by atoms with Gasteiger partial charge in [-0.3, -0.25) is 0 Å². The first-order valence-corrected chi connectivity index (χ1v) is 6.49. The molecule has 2 nitrogen and oxygen atoms in total. The Morgan fingerprint density at radius 2 is 2.12 bits per heavy atom. The number of rotatable bonds is 6. The van der Waals surface area contributed by atoms with E-state index in [1.165, 1.54) is 0 Å². The topological polar surface area (TPSA) is 29.5 Å². The Morgan fingerprint density at radius 1 is 1.41 bits per heavy atom. The zero-order valence-corrected chi connectivity index (χ0v) is 11.5. The van der Waals surface area contributed by atoms with Crippen LogP contribution in [0.1, 0.15) is 44.8 Å². The van der Waals surface area contributed by atoms with E-state index in [-0.39, 0.29) is 5.92 Å². The fraction of sp³-hybridized carbons (Fsp3) is 0.571. The molecule has 2 unspecified atom stereocenters. The van der Waals surface area contributed by atoms with Crippen LogP contribution in [0, 0.1) is 5.92 Å². The van der Waals surface area contributed by atoms with Gasteiger partial charge in [0.25, 0.3) is 0 Å². The summed E-state index contributed by atoms with van der Waals surface area (Å²) in [6.07, 6.45) is 2.76. The number of ether oxygens (including phenoxy) is 1. The van der Waals surface area contributed by atoms with Crippen LogP contribution in [-0.4, -0.2) is 12.2 Å². The average Bonchev–Trinajstić information content (AvgIpc) is 2.34. The number of hydrogen-bond donors (Lipinski definition) is 1. The second kappa shape index (κ2) is 6.87. The summed E-state index contributed by atoms with van der Waals surface area (Å²) in [5.74, 6) is 0.910. The first-order chi connectivity index (χ1) is 8.10. The monoisotopic (exact) mass is 256 g/mol. The number of aliphatic hydroxyl groups is 1. The third-order valence-electron chi connectivity index (χ3n) is 3.06. The van der Waals surface area contributed by atoms with E-state index in [0.717, 1.165) is 24.8 Å². The fourth-order valence-corrected chi connectivity index (χ4v) is 2.11. The van der Waals surface area contributed by atoms with E-state index in [2.05, 4.69) is 13.8 Å². The Morgan fingerprint density at radius 3 is 2.71 bits per heavy atom. The van der Waals surface area contributed by atoms with Crippen LogP contribution in [0.5, 0.6) is 5.75 Å². The van der Waals surface area contributed by atoms with Crippen molar-refractivity contribution in [2.75, 3.05) is 7.11 Å². The normalized spacial score (nSPS) is 14.4. The number of methoxy groups -OCH3 is 1. The third-order valence-corrected chi connectivity index (χ3v) is 3.30. The Bertz CT molecular complexity index is 352. The largest absolute Gasteiger partial charge is 0.496 e. The van der Waals surface area contributed by atoms with Crippen LogP contribution in [0.4, 0.5) is 0 Å². The molecule has 0 heterocycles. The summed E-state index contributed by atoms with van der Waals surface area (Å²) in [6, 6.07) is 5.36. The Kier molecular flexibility index (Phi) is 5.79. The molecule has 0 aliphatic heterocycles. The molecule has 3 heteroatoms. The summed E-state index contributed by atoms with van der Waals surface area (Å²) < 4.78 is 5.26. The van der Waals surface area contributed by atoms with E-state index in [1.807, 2.05) is 0 Å². The predicted molar refractivity (Wildman–Crippen MR) is 71.7 cm³/mol. The van der Waals surface area contributed by atoms with Crippen LogP contribution < -0.4 is 4.74 Å². The molecule has 1 aromatic rings. The molecule has 0 saturated carbocycles. The van der Waals surface area contributed by atoms with Gasteiger partial charge in [0.05, 0.1) is 13.2 Å². The van der Waals surface area contributed by atoms with Crippen molar-refractivity contribution < 1.29 is 9.84 Å². The molecule has 1 rings (SSSR count). The quantitative estimate of drug-likeness (QED) is 0.826.